The van der Waals surface area contributed by atoms with Gasteiger partial charge < -0.3 is 14.2 Å². The molecule has 0 amide bonds. The average molecular weight is 176 g/mol. The second-order valence-corrected chi connectivity index (χ2v) is 2.81. The van der Waals surface area contributed by atoms with E-state index in [-0.39, 0.29) is 12.4 Å². The van der Waals surface area contributed by atoms with E-state index in [2.05, 4.69) is 0 Å². The quantitative estimate of drug-likeness (QED) is 0.437. The molecule has 0 aliphatic rings. The molecule has 0 rings (SSSR count). The van der Waals surface area contributed by atoms with Gasteiger partial charge in [-0.05, 0) is 27.7 Å². The molecule has 74 valence electrons. The summed E-state index contributed by atoms with van der Waals surface area (Å²) in [6.45, 7) is 9.77. The highest BCUT2D eigenvalue weighted by Crippen LogP contribution is 1.93. The lowest BCUT2D eigenvalue weighted by Gasteiger charge is -2.13. The molecule has 1 unspecified atom stereocenters. The fraction of sp³-hybridized carbons (Fsp3) is 1.00. The van der Waals surface area contributed by atoms with E-state index in [4.69, 9.17) is 14.2 Å². The average Bonchev–Trinajstić information content (AvgIpc) is 1.98. The fourth-order valence-electron chi connectivity index (χ4n) is 0.781. The minimum absolute atomic E-state index is 0.120. The third kappa shape index (κ3) is 7.98. The lowest BCUT2D eigenvalue weighted by atomic mass is 10.5. The van der Waals surface area contributed by atoms with Gasteiger partial charge in [-0.15, -0.1) is 0 Å². The molecule has 0 aliphatic heterocycles. The molecule has 0 aromatic heterocycles. The summed E-state index contributed by atoms with van der Waals surface area (Å²) < 4.78 is 15.7. The molecular weight excluding hydrogens is 156 g/mol. The van der Waals surface area contributed by atoms with Gasteiger partial charge in [0, 0.05) is 6.61 Å². The molecule has 0 aliphatic carbocycles. The molecule has 0 saturated carbocycles. The molecule has 0 aromatic rings. The lowest BCUT2D eigenvalue weighted by Crippen LogP contribution is -2.17. The molecule has 3 nitrogen and oxygen atoms in total. The highest BCUT2D eigenvalue weighted by molar-refractivity contribution is 4.37. The van der Waals surface area contributed by atoms with E-state index in [9.17, 15) is 0 Å². The Balaban J connectivity index is 3.08. The maximum absolute atomic E-state index is 5.29. The van der Waals surface area contributed by atoms with Crippen LogP contribution in [0, 0.1) is 0 Å². The minimum atomic E-state index is -0.120. The standard InChI is InChI=1S/C9H20O3/c1-5-10-9(4)12-7-6-11-8(2)3/h8-9H,5-7H2,1-4H3. The number of rotatable bonds is 7. The summed E-state index contributed by atoms with van der Waals surface area (Å²) in [5.74, 6) is 0. The Bertz CT molecular complexity index is 93.8. The van der Waals surface area contributed by atoms with E-state index in [1.807, 2.05) is 27.7 Å². The van der Waals surface area contributed by atoms with Crippen LogP contribution in [0.1, 0.15) is 27.7 Å². The van der Waals surface area contributed by atoms with Crippen LogP contribution in [0.25, 0.3) is 0 Å². The smallest absolute Gasteiger partial charge is 0.154 e. The Morgan fingerprint density at radius 1 is 0.917 bits per heavy atom. The molecule has 0 saturated heterocycles. The molecule has 12 heavy (non-hydrogen) atoms. The van der Waals surface area contributed by atoms with E-state index < -0.39 is 0 Å². The van der Waals surface area contributed by atoms with Crippen LogP contribution in [0.5, 0.6) is 0 Å². The van der Waals surface area contributed by atoms with Crippen LogP contribution in [0.3, 0.4) is 0 Å². The van der Waals surface area contributed by atoms with Crippen molar-refractivity contribution in [3.05, 3.63) is 0 Å². The normalized spacial score (nSPS) is 13.8. The second-order valence-electron chi connectivity index (χ2n) is 2.81. The van der Waals surface area contributed by atoms with Gasteiger partial charge in [-0.1, -0.05) is 0 Å². The van der Waals surface area contributed by atoms with Crippen LogP contribution in [0.15, 0.2) is 0 Å². The van der Waals surface area contributed by atoms with Gasteiger partial charge in [-0.25, -0.2) is 0 Å². The SMILES string of the molecule is CCOC(C)OCCOC(C)C. The van der Waals surface area contributed by atoms with Gasteiger partial charge in [0.15, 0.2) is 6.29 Å². The summed E-state index contributed by atoms with van der Waals surface area (Å²) in [4.78, 5) is 0. The zero-order valence-corrected chi connectivity index (χ0v) is 8.50. The highest BCUT2D eigenvalue weighted by Gasteiger charge is 1.99. The third-order valence-electron chi connectivity index (χ3n) is 1.29. The number of hydrogen-bond donors (Lipinski definition) is 0. The molecule has 0 spiro atoms. The fourth-order valence-corrected chi connectivity index (χ4v) is 0.781. The van der Waals surface area contributed by atoms with Crippen molar-refractivity contribution >= 4 is 0 Å². The van der Waals surface area contributed by atoms with E-state index in [0.29, 0.717) is 19.8 Å². The summed E-state index contributed by atoms with van der Waals surface area (Å²) >= 11 is 0. The predicted octanol–water partition coefficient (Wildman–Crippen LogP) is 1.81. The van der Waals surface area contributed by atoms with E-state index in [1.165, 1.54) is 0 Å². The molecule has 0 aromatic carbocycles. The van der Waals surface area contributed by atoms with Crippen LogP contribution in [0.4, 0.5) is 0 Å². The van der Waals surface area contributed by atoms with Gasteiger partial charge in [0.1, 0.15) is 0 Å². The highest BCUT2D eigenvalue weighted by atomic mass is 16.7. The van der Waals surface area contributed by atoms with Crippen molar-refractivity contribution < 1.29 is 14.2 Å². The lowest BCUT2D eigenvalue weighted by molar-refractivity contribution is -0.138. The van der Waals surface area contributed by atoms with Gasteiger partial charge in [-0.2, -0.15) is 0 Å². The van der Waals surface area contributed by atoms with Crippen molar-refractivity contribution in [2.75, 3.05) is 19.8 Å². The Kier molecular flexibility index (Phi) is 7.45. The van der Waals surface area contributed by atoms with E-state index >= 15 is 0 Å². The predicted molar refractivity (Wildman–Crippen MR) is 48.1 cm³/mol. The van der Waals surface area contributed by atoms with Crippen molar-refractivity contribution in [1.82, 2.24) is 0 Å². The van der Waals surface area contributed by atoms with Crippen LogP contribution in [-0.2, 0) is 14.2 Å². The summed E-state index contributed by atoms with van der Waals surface area (Å²) in [6.07, 6.45) is 0.154. The molecule has 0 heterocycles. The van der Waals surface area contributed by atoms with Gasteiger partial charge in [0.05, 0.1) is 19.3 Å². The first-order chi connectivity index (χ1) is 5.66. The number of hydrogen-bond acceptors (Lipinski definition) is 3. The molecular formula is C9H20O3. The summed E-state index contributed by atoms with van der Waals surface area (Å²) in [5.41, 5.74) is 0. The first-order valence-electron chi connectivity index (χ1n) is 4.51. The minimum Gasteiger partial charge on any atom is -0.376 e. The molecule has 0 radical (unpaired) electrons. The van der Waals surface area contributed by atoms with Gasteiger partial charge in [0.25, 0.3) is 0 Å². The molecule has 0 bridgehead atoms. The van der Waals surface area contributed by atoms with Crippen LogP contribution in [0.2, 0.25) is 0 Å². The van der Waals surface area contributed by atoms with Gasteiger partial charge in [-0.3, -0.25) is 0 Å². The molecule has 1 atom stereocenters. The van der Waals surface area contributed by atoms with Crippen LogP contribution < -0.4 is 0 Å². The maximum Gasteiger partial charge on any atom is 0.154 e. The summed E-state index contributed by atoms with van der Waals surface area (Å²) in [7, 11) is 0. The topological polar surface area (TPSA) is 27.7 Å². The van der Waals surface area contributed by atoms with Crippen molar-refractivity contribution in [2.24, 2.45) is 0 Å². The molecule has 0 N–H and O–H groups in total. The Morgan fingerprint density at radius 3 is 2.00 bits per heavy atom. The third-order valence-corrected chi connectivity index (χ3v) is 1.29. The van der Waals surface area contributed by atoms with Crippen molar-refractivity contribution in [2.45, 2.75) is 40.1 Å². The van der Waals surface area contributed by atoms with Crippen molar-refractivity contribution in [1.29, 1.82) is 0 Å². The number of ether oxygens (including phenoxy) is 3. The largest absolute Gasteiger partial charge is 0.376 e. The monoisotopic (exact) mass is 176 g/mol. The van der Waals surface area contributed by atoms with Crippen molar-refractivity contribution in [3.63, 3.8) is 0 Å². The first-order valence-corrected chi connectivity index (χ1v) is 4.51. The summed E-state index contributed by atoms with van der Waals surface area (Å²) in [5, 5.41) is 0. The zero-order chi connectivity index (χ0) is 9.40. The van der Waals surface area contributed by atoms with Crippen LogP contribution >= 0.6 is 0 Å². The Labute approximate surface area is 75.0 Å². The summed E-state index contributed by atoms with van der Waals surface area (Å²) in [6, 6.07) is 0. The molecule has 0 fully saturated rings. The van der Waals surface area contributed by atoms with Gasteiger partial charge >= 0.3 is 0 Å². The van der Waals surface area contributed by atoms with Crippen molar-refractivity contribution in [3.8, 4) is 0 Å². The first kappa shape index (κ1) is 11.9. The van der Waals surface area contributed by atoms with Crippen LogP contribution in [-0.4, -0.2) is 32.2 Å². The second kappa shape index (κ2) is 7.53. The van der Waals surface area contributed by atoms with Gasteiger partial charge in [0.2, 0.25) is 0 Å². The maximum atomic E-state index is 5.29. The van der Waals surface area contributed by atoms with E-state index in [0.717, 1.165) is 0 Å². The Morgan fingerprint density at radius 2 is 1.50 bits per heavy atom. The van der Waals surface area contributed by atoms with E-state index in [1.54, 1.807) is 0 Å². The Hall–Kier alpha value is -0.120. The molecule has 3 heteroatoms. The zero-order valence-electron chi connectivity index (χ0n) is 8.50.